The van der Waals surface area contributed by atoms with Crippen molar-refractivity contribution < 1.29 is 9.13 Å². The molecule has 1 atom stereocenters. The van der Waals surface area contributed by atoms with E-state index in [1.807, 2.05) is 6.92 Å². The Morgan fingerprint density at radius 1 is 1.44 bits per heavy atom. The molecule has 0 bridgehead atoms. The number of hydrogen-bond donors (Lipinski definition) is 1. The molecule has 2 N–H and O–H groups in total. The van der Waals surface area contributed by atoms with E-state index in [-0.39, 0.29) is 5.82 Å². The van der Waals surface area contributed by atoms with Crippen LogP contribution in [0.1, 0.15) is 12.5 Å². The zero-order valence-electron chi connectivity index (χ0n) is 9.45. The standard InChI is InChI=1S/C12H17FN2O/c1-12(14)9-15(6-7-16-12)8-10-2-4-11(13)5-3-10/h2-5H,6-9,14H2,1H3/t12-/m1/s1. The van der Waals surface area contributed by atoms with Crippen LogP contribution >= 0.6 is 0 Å². The SMILES string of the molecule is C[C@]1(N)CN(Cc2ccc(F)cc2)CCO1. The van der Waals surface area contributed by atoms with Crippen molar-refractivity contribution in [3.8, 4) is 0 Å². The molecule has 16 heavy (non-hydrogen) atoms. The predicted octanol–water partition coefficient (Wildman–Crippen LogP) is 1.33. The maximum Gasteiger partial charge on any atom is 0.126 e. The third-order valence-corrected chi connectivity index (χ3v) is 2.70. The van der Waals surface area contributed by atoms with Crippen molar-refractivity contribution in [1.29, 1.82) is 0 Å². The fraction of sp³-hybridized carbons (Fsp3) is 0.500. The Morgan fingerprint density at radius 3 is 2.75 bits per heavy atom. The van der Waals surface area contributed by atoms with Crippen LogP contribution in [-0.4, -0.2) is 30.3 Å². The average molecular weight is 224 g/mol. The van der Waals surface area contributed by atoms with Crippen molar-refractivity contribution in [2.75, 3.05) is 19.7 Å². The molecule has 88 valence electrons. The highest BCUT2D eigenvalue weighted by molar-refractivity contribution is 5.16. The van der Waals surface area contributed by atoms with Crippen LogP contribution in [0.25, 0.3) is 0 Å². The summed E-state index contributed by atoms with van der Waals surface area (Å²) < 4.78 is 18.2. The van der Waals surface area contributed by atoms with Crippen LogP contribution < -0.4 is 5.73 Å². The molecule has 3 nitrogen and oxygen atoms in total. The van der Waals surface area contributed by atoms with E-state index >= 15 is 0 Å². The molecule has 0 spiro atoms. The van der Waals surface area contributed by atoms with Gasteiger partial charge in [0.15, 0.2) is 0 Å². The van der Waals surface area contributed by atoms with Crippen LogP contribution in [0, 0.1) is 5.82 Å². The van der Waals surface area contributed by atoms with E-state index in [4.69, 9.17) is 10.5 Å². The summed E-state index contributed by atoms with van der Waals surface area (Å²) in [5.74, 6) is -0.200. The number of benzene rings is 1. The third-order valence-electron chi connectivity index (χ3n) is 2.70. The van der Waals surface area contributed by atoms with Crippen molar-refractivity contribution in [1.82, 2.24) is 4.90 Å². The number of hydrogen-bond acceptors (Lipinski definition) is 3. The minimum absolute atomic E-state index is 0.200. The lowest BCUT2D eigenvalue weighted by atomic mass is 10.1. The highest BCUT2D eigenvalue weighted by Gasteiger charge is 2.27. The summed E-state index contributed by atoms with van der Waals surface area (Å²) in [6.07, 6.45) is 0. The van der Waals surface area contributed by atoms with E-state index in [2.05, 4.69) is 4.90 Å². The van der Waals surface area contributed by atoms with Gasteiger partial charge in [-0.1, -0.05) is 12.1 Å². The summed E-state index contributed by atoms with van der Waals surface area (Å²) in [4.78, 5) is 2.22. The van der Waals surface area contributed by atoms with Crippen molar-refractivity contribution >= 4 is 0 Å². The molecule has 4 heteroatoms. The Balaban J connectivity index is 1.97. The summed E-state index contributed by atoms with van der Waals surface area (Å²) >= 11 is 0. The first kappa shape index (κ1) is 11.5. The average Bonchev–Trinajstić information content (AvgIpc) is 2.20. The number of rotatable bonds is 2. The monoisotopic (exact) mass is 224 g/mol. The second-order valence-corrected chi connectivity index (χ2v) is 4.50. The van der Waals surface area contributed by atoms with Gasteiger partial charge in [0.2, 0.25) is 0 Å². The topological polar surface area (TPSA) is 38.5 Å². The van der Waals surface area contributed by atoms with E-state index in [1.165, 1.54) is 12.1 Å². The fourth-order valence-corrected chi connectivity index (χ4v) is 1.96. The summed E-state index contributed by atoms with van der Waals surface area (Å²) in [6.45, 7) is 4.88. The van der Waals surface area contributed by atoms with Crippen molar-refractivity contribution in [3.05, 3.63) is 35.6 Å². The van der Waals surface area contributed by atoms with E-state index in [9.17, 15) is 4.39 Å². The van der Waals surface area contributed by atoms with Crippen molar-refractivity contribution in [2.24, 2.45) is 5.73 Å². The summed E-state index contributed by atoms with van der Waals surface area (Å²) in [7, 11) is 0. The van der Waals surface area contributed by atoms with Gasteiger partial charge in [0.25, 0.3) is 0 Å². The first-order valence-corrected chi connectivity index (χ1v) is 5.45. The maximum absolute atomic E-state index is 12.7. The van der Waals surface area contributed by atoms with Gasteiger partial charge in [0.05, 0.1) is 6.61 Å². The minimum atomic E-state index is -0.571. The smallest absolute Gasteiger partial charge is 0.126 e. The molecule has 0 amide bonds. The molecule has 1 aromatic rings. The van der Waals surface area contributed by atoms with Gasteiger partial charge in [-0.2, -0.15) is 0 Å². The molecule has 0 unspecified atom stereocenters. The molecular formula is C12H17FN2O. The normalized spacial score (nSPS) is 26.9. The molecule has 0 aliphatic carbocycles. The Kier molecular flexibility index (Phi) is 3.23. The highest BCUT2D eigenvalue weighted by atomic mass is 19.1. The van der Waals surface area contributed by atoms with Gasteiger partial charge >= 0.3 is 0 Å². The summed E-state index contributed by atoms with van der Waals surface area (Å²) in [5, 5.41) is 0. The lowest BCUT2D eigenvalue weighted by Crippen LogP contribution is -2.55. The second-order valence-electron chi connectivity index (χ2n) is 4.50. The zero-order chi connectivity index (χ0) is 11.6. The van der Waals surface area contributed by atoms with Crippen LogP contribution in [-0.2, 0) is 11.3 Å². The van der Waals surface area contributed by atoms with Gasteiger partial charge in [-0.25, -0.2) is 4.39 Å². The molecule has 0 aromatic heterocycles. The number of nitrogens with zero attached hydrogens (tertiary/aromatic N) is 1. The third kappa shape index (κ3) is 3.01. The Bertz CT molecular complexity index is 351. The molecule has 0 saturated carbocycles. The van der Waals surface area contributed by atoms with E-state index in [0.717, 1.165) is 18.7 Å². The number of morpholine rings is 1. The molecule has 1 aliphatic rings. The number of ether oxygens (including phenoxy) is 1. The van der Waals surface area contributed by atoms with Gasteiger partial charge in [-0.3, -0.25) is 4.90 Å². The summed E-state index contributed by atoms with van der Waals surface area (Å²) in [6, 6.07) is 6.58. The first-order valence-electron chi connectivity index (χ1n) is 5.45. The second kappa shape index (κ2) is 4.49. The van der Waals surface area contributed by atoms with E-state index in [1.54, 1.807) is 12.1 Å². The lowest BCUT2D eigenvalue weighted by Gasteiger charge is -2.37. The maximum atomic E-state index is 12.7. The number of nitrogens with two attached hydrogens (primary N) is 1. The van der Waals surface area contributed by atoms with Gasteiger partial charge in [-0.05, 0) is 24.6 Å². The number of halogens is 1. The molecule has 1 fully saturated rings. The molecular weight excluding hydrogens is 207 g/mol. The van der Waals surface area contributed by atoms with Crippen LogP contribution in [0.3, 0.4) is 0 Å². The van der Waals surface area contributed by atoms with Crippen LogP contribution in [0.15, 0.2) is 24.3 Å². The van der Waals surface area contributed by atoms with E-state index < -0.39 is 5.72 Å². The fourth-order valence-electron chi connectivity index (χ4n) is 1.96. The first-order chi connectivity index (χ1) is 7.55. The van der Waals surface area contributed by atoms with Crippen LogP contribution in [0.2, 0.25) is 0 Å². The van der Waals surface area contributed by atoms with Gasteiger partial charge in [0.1, 0.15) is 11.5 Å². The largest absolute Gasteiger partial charge is 0.358 e. The van der Waals surface area contributed by atoms with Crippen molar-refractivity contribution in [2.45, 2.75) is 19.2 Å². The highest BCUT2D eigenvalue weighted by Crippen LogP contribution is 2.14. The van der Waals surface area contributed by atoms with Crippen LogP contribution in [0.5, 0.6) is 0 Å². The minimum Gasteiger partial charge on any atom is -0.358 e. The predicted molar refractivity (Wildman–Crippen MR) is 60.2 cm³/mol. The Hall–Kier alpha value is -0.970. The van der Waals surface area contributed by atoms with Crippen molar-refractivity contribution in [3.63, 3.8) is 0 Å². The molecule has 0 radical (unpaired) electrons. The Labute approximate surface area is 95.0 Å². The van der Waals surface area contributed by atoms with Gasteiger partial charge in [-0.15, -0.1) is 0 Å². The Morgan fingerprint density at radius 2 is 2.12 bits per heavy atom. The van der Waals surface area contributed by atoms with Gasteiger partial charge in [0, 0.05) is 19.6 Å². The van der Waals surface area contributed by atoms with E-state index in [0.29, 0.717) is 13.2 Å². The quantitative estimate of drug-likeness (QED) is 0.823. The molecule has 2 rings (SSSR count). The van der Waals surface area contributed by atoms with Crippen LogP contribution in [0.4, 0.5) is 4.39 Å². The zero-order valence-corrected chi connectivity index (χ0v) is 9.45. The molecule has 1 aromatic carbocycles. The lowest BCUT2D eigenvalue weighted by molar-refractivity contribution is -0.0960. The molecule has 1 heterocycles. The summed E-state index contributed by atoms with van der Waals surface area (Å²) in [5.41, 5.74) is 6.45. The molecule has 1 saturated heterocycles. The van der Waals surface area contributed by atoms with Gasteiger partial charge < -0.3 is 10.5 Å². The molecule has 1 aliphatic heterocycles.